The second-order valence-corrected chi connectivity index (χ2v) is 6.27. The van der Waals surface area contributed by atoms with Crippen molar-refractivity contribution in [2.75, 3.05) is 19.6 Å². The number of aliphatic hydroxyl groups is 1. The highest BCUT2D eigenvalue weighted by Crippen LogP contribution is 2.40. The summed E-state index contributed by atoms with van der Waals surface area (Å²) in [5, 5.41) is 10.6. The number of carbonyl (C=O) groups is 1. The minimum Gasteiger partial charge on any atom is -0.390 e. The van der Waals surface area contributed by atoms with E-state index in [-0.39, 0.29) is 0 Å². The molecule has 3 rings (SSSR count). The number of rotatable bonds is 3. The van der Waals surface area contributed by atoms with Gasteiger partial charge in [-0.05, 0) is 32.1 Å². The normalized spacial score (nSPS) is 38.8. The number of hydrogen-bond donors (Lipinski definition) is 1. The Morgan fingerprint density at radius 2 is 2.06 bits per heavy atom. The van der Waals surface area contributed by atoms with Crippen LogP contribution in [0.4, 0.5) is 0 Å². The van der Waals surface area contributed by atoms with Crippen molar-refractivity contribution in [3.05, 3.63) is 0 Å². The Morgan fingerprint density at radius 3 is 2.82 bits per heavy atom. The zero-order valence-electron chi connectivity index (χ0n) is 10.5. The van der Waals surface area contributed by atoms with E-state index < -0.39 is 5.60 Å². The van der Waals surface area contributed by atoms with E-state index in [4.69, 9.17) is 0 Å². The highest BCUT2D eigenvalue weighted by Gasteiger charge is 2.43. The predicted octanol–water partition coefficient (Wildman–Crippen LogP) is 1.59. The molecular formula is C14H23NO2. The zero-order chi connectivity index (χ0) is 11.9. The number of piperidine rings is 1. The Hall–Kier alpha value is -0.410. The lowest BCUT2D eigenvalue weighted by Gasteiger charge is -2.47. The van der Waals surface area contributed by atoms with Gasteiger partial charge >= 0.3 is 0 Å². The van der Waals surface area contributed by atoms with Crippen LogP contribution in [0, 0.1) is 11.8 Å². The summed E-state index contributed by atoms with van der Waals surface area (Å²) >= 11 is 0. The van der Waals surface area contributed by atoms with Crippen molar-refractivity contribution < 1.29 is 9.90 Å². The maximum atomic E-state index is 11.8. The number of carbonyl (C=O) groups excluding carboxylic acids is 1. The van der Waals surface area contributed by atoms with E-state index in [0.29, 0.717) is 24.2 Å². The molecule has 0 amide bonds. The molecular weight excluding hydrogens is 214 g/mol. The molecule has 0 radical (unpaired) electrons. The lowest BCUT2D eigenvalue weighted by molar-refractivity contribution is -0.126. The number of fused-ring (bicyclic) bond motifs is 1. The summed E-state index contributed by atoms with van der Waals surface area (Å²) in [5.41, 5.74) is -0.405. The van der Waals surface area contributed by atoms with Gasteiger partial charge in [-0.1, -0.05) is 12.8 Å². The van der Waals surface area contributed by atoms with Gasteiger partial charge in [-0.2, -0.15) is 0 Å². The molecule has 2 atom stereocenters. The average Bonchev–Trinajstić information content (AvgIpc) is 3.13. The molecule has 1 heterocycles. The molecule has 2 aliphatic carbocycles. The molecule has 0 aromatic rings. The van der Waals surface area contributed by atoms with E-state index in [9.17, 15) is 9.90 Å². The van der Waals surface area contributed by atoms with Crippen LogP contribution in [0.5, 0.6) is 0 Å². The van der Waals surface area contributed by atoms with Crippen LogP contribution >= 0.6 is 0 Å². The number of hydrogen-bond acceptors (Lipinski definition) is 3. The molecule has 3 nitrogen and oxygen atoms in total. The first kappa shape index (κ1) is 11.7. The molecule has 0 aromatic carbocycles. The van der Waals surface area contributed by atoms with Crippen molar-refractivity contribution in [1.29, 1.82) is 0 Å². The summed E-state index contributed by atoms with van der Waals surface area (Å²) < 4.78 is 0. The third-order valence-corrected chi connectivity index (χ3v) is 4.92. The maximum Gasteiger partial charge on any atom is 0.149 e. The zero-order valence-corrected chi connectivity index (χ0v) is 10.5. The van der Waals surface area contributed by atoms with Crippen molar-refractivity contribution in [1.82, 2.24) is 4.90 Å². The molecule has 96 valence electrons. The summed E-state index contributed by atoms with van der Waals surface area (Å²) in [5.74, 6) is 1.23. The second kappa shape index (κ2) is 4.36. The smallest absolute Gasteiger partial charge is 0.149 e. The van der Waals surface area contributed by atoms with E-state index >= 15 is 0 Å². The number of likely N-dealkylation sites (tertiary alicyclic amines) is 1. The van der Waals surface area contributed by atoms with Gasteiger partial charge in [-0.3, -0.25) is 9.69 Å². The van der Waals surface area contributed by atoms with Crippen LogP contribution in [0.25, 0.3) is 0 Å². The maximum absolute atomic E-state index is 11.8. The second-order valence-electron chi connectivity index (χ2n) is 6.27. The molecule has 1 saturated heterocycles. The van der Waals surface area contributed by atoms with Gasteiger partial charge in [0, 0.05) is 24.9 Å². The molecule has 1 aliphatic heterocycles. The molecule has 1 N–H and O–H groups in total. The van der Waals surface area contributed by atoms with E-state index in [0.717, 1.165) is 45.2 Å². The summed E-state index contributed by atoms with van der Waals surface area (Å²) in [6.45, 7) is 2.48. The molecule has 0 aromatic heterocycles. The van der Waals surface area contributed by atoms with Crippen molar-refractivity contribution in [2.45, 2.75) is 50.5 Å². The first-order chi connectivity index (χ1) is 8.17. The molecule has 0 spiro atoms. The highest BCUT2D eigenvalue weighted by molar-refractivity contribution is 5.85. The SMILES string of the molecule is O=C(CN1CCC2(O)CCCCC2C1)C1CC1. The van der Waals surface area contributed by atoms with Gasteiger partial charge in [0.05, 0.1) is 12.1 Å². The van der Waals surface area contributed by atoms with Gasteiger partial charge < -0.3 is 5.11 Å². The molecule has 0 bridgehead atoms. The Kier molecular flexibility index (Phi) is 2.99. The van der Waals surface area contributed by atoms with E-state index in [1.165, 1.54) is 12.8 Å². The van der Waals surface area contributed by atoms with Crippen molar-refractivity contribution in [3.63, 3.8) is 0 Å². The Morgan fingerprint density at radius 1 is 1.24 bits per heavy atom. The molecule has 3 heteroatoms. The molecule has 17 heavy (non-hydrogen) atoms. The molecule has 2 unspecified atom stereocenters. The lowest BCUT2D eigenvalue weighted by Crippen LogP contribution is -2.54. The van der Waals surface area contributed by atoms with Crippen molar-refractivity contribution in [2.24, 2.45) is 11.8 Å². The van der Waals surface area contributed by atoms with Gasteiger partial charge in [0.1, 0.15) is 5.78 Å². The van der Waals surface area contributed by atoms with Crippen LogP contribution in [-0.2, 0) is 4.79 Å². The van der Waals surface area contributed by atoms with Crippen LogP contribution < -0.4 is 0 Å². The largest absolute Gasteiger partial charge is 0.390 e. The standard InChI is InChI=1S/C14H23NO2/c16-13(11-4-5-11)10-15-8-7-14(17)6-2-1-3-12(14)9-15/h11-12,17H,1-10H2. The summed E-state index contributed by atoms with van der Waals surface area (Å²) in [4.78, 5) is 14.1. The first-order valence-corrected chi connectivity index (χ1v) is 7.15. The lowest BCUT2D eigenvalue weighted by atomic mass is 9.71. The van der Waals surface area contributed by atoms with Crippen molar-refractivity contribution in [3.8, 4) is 0 Å². The van der Waals surface area contributed by atoms with E-state index in [1.54, 1.807) is 0 Å². The van der Waals surface area contributed by atoms with E-state index in [2.05, 4.69) is 4.90 Å². The summed E-state index contributed by atoms with van der Waals surface area (Å²) in [6.07, 6.45) is 7.63. The van der Waals surface area contributed by atoms with E-state index in [1.807, 2.05) is 0 Å². The van der Waals surface area contributed by atoms with Crippen LogP contribution in [0.15, 0.2) is 0 Å². The highest BCUT2D eigenvalue weighted by atomic mass is 16.3. The van der Waals surface area contributed by atoms with Crippen LogP contribution in [0.3, 0.4) is 0 Å². The minimum absolute atomic E-state index is 0.377. The predicted molar refractivity (Wildman–Crippen MR) is 65.7 cm³/mol. The third-order valence-electron chi connectivity index (χ3n) is 4.92. The summed E-state index contributed by atoms with van der Waals surface area (Å²) in [7, 11) is 0. The molecule has 3 aliphatic rings. The van der Waals surface area contributed by atoms with Gasteiger partial charge in [-0.15, -0.1) is 0 Å². The average molecular weight is 237 g/mol. The summed E-state index contributed by atoms with van der Waals surface area (Å²) in [6, 6.07) is 0. The fourth-order valence-corrected chi connectivity index (χ4v) is 3.54. The Bertz CT molecular complexity index is 313. The quantitative estimate of drug-likeness (QED) is 0.810. The van der Waals surface area contributed by atoms with Gasteiger partial charge in [0.2, 0.25) is 0 Å². The van der Waals surface area contributed by atoms with Crippen molar-refractivity contribution >= 4 is 5.78 Å². The Balaban J connectivity index is 1.57. The number of ketones is 1. The van der Waals surface area contributed by atoms with Crippen LogP contribution in [0.2, 0.25) is 0 Å². The van der Waals surface area contributed by atoms with Gasteiger partial charge in [0.25, 0.3) is 0 Å². The van der Waals surface area contributed by atoms with Crippen LogP contribution in [-0.4, -0.2) is 41.0 Å². The topological polar surface area (TPSA) is 40.5 Å². The Labute approximate surface area is 103 Å². The third kappa shape index (κ3) is 2.41. The van der Waals surface area contributed by atoms with Gasteiger partial charge in [0.15, 0.2) is 0 Å². The van der Waals surface area contributed by atoms with Crippen LogP contribution in [0.1, 0.15) is 44.9 Å². The minimum atomic E-state index is -0.405. The monoisotopic (exact) mass is 237 g/mol. The molecule has 3 fully saturated rings. The number of nitrogens with zero attached hydrogens (tertiary/aromatic N) is 1. The molecule has 2 saturated carbocycles. The number of Topliss-reactive ketones (excluding diaryl/α,β-unsaturated/α-hetero) is 1. The fourth-order valence-electron chi connectivity index (χ4n) is 3.54. The first-order valence-electron chi connectivity index (χ1n) is 7.15. The van der Waals surface area contributed by atoms with Gasteiger partial charge in [-0.25, -0.2) is 0 Å². The fraction of sp³-hybridized carbons (Fsp3) is 0.929.